The first kappa shape index (κ1) is 14.7. The molecule has 0 saturated heterocycles. The maximum absolute atomic E-state index is 9.35. The predicted octanol–water partition coefficient (Wildman–Crippen LogP) is 1.61. The molecular formula is C14H14BClO4. The average molecular weight is 293 g/mol. The van der Waals surface area contributed by atoms with Crippen LogP contribution in [0.25, 0.3) is 0 Å². The van der Waals surface area contributed by atoms with Gasteiger partial charge in [-0.25, -0.2) is 0 Å². The van der Waals surface area contributed by atoms with Gasteiger partial charge in [-0.2, -0.15) is 0 Å². The quantitative estimate of drug-likeness (QED) is 0.822. The van der Waals surface area contributed by atoms with Crippen LogP contribution >= 0.6 is 11.6 Å². The molecule has 0 heterocycles. The van der Waals surface area contributed by atoms with E-state index in [0.717, 1.165) is 0 Å². The summed E-state index contributed by atoms with van der Waals surface area (Å²) >= 11 is 5.88. The summed E-state index contributed by atoms with van der Waals surface area (Å²) in [5, 5.41) is 19.3. The normalized spacial score (nSPS) is 10.2. The van der Waals surface area contributed by atoms with Gasteiger partial charge in [0.2, 0.25) is 0 Å². The van der Waals surface area contributed by atoms with Gasteiger partial charge < -0.3 is 19.5 Å². The predicted molar refractivity (Wildman–Crippen MR) is 78.6 cm³/mol. The Hall–Kier alpha value is -1.69. The van der Waals surface area contributed by atoms with E-state index in [1.165, 1.54) is 0 Å². The van der Waals surface area contributed by atoms with Crippen LogP contribution in [0.4, 0.5) is 0 Å². The van der Waals surface area contributed by atoms with Crippen LogP contribution in [0, 0.1) is 0 Å². The monoisotopic (exact) mass is 292 g/mol. The molecule has 2 N–H and O–H groups in total. The Balaban J connectivity index is 2.19. The summed E-state index contributed by atoms with van der Waals surface area (Å²) < 4.78 is 10.7. The second-order valence-electron chi connectivity index (χ2n) is 4.18. The van der Waals surface area contributed by atoms with Crippen molar-refractivity contribution in [3.63, 3.8) is 0 Å². The maximum Gasteiger partial charge on any atom is 0.488 e. The molecule has 0 aliphatic carbocycles. The highest BCUT2D eigenvalue weighted by Gasteiger charge is 2.17. The summed E-state index contributed by atoms with van der Waals surface area (Å²) in [7, 11) is -0.00900. The number of methoxy groups -OCH3 is 1. The van der Waals surface area contributed by atoms with Crippen molar-refractivity contribution < 1.29 is 19.5 Å². The Morgan fingerprint density at radius 2 is 1.90 bits per heavy atom. The highest BCUT2D eigenvalue weighted by Crippen LogP contribution is 2.19. The van der Waals surface area contributed by atoms with Gasteiger partial charge in [-0.05, 0) is 41.4 Å². The molecule has 0 bridgehead atoms. The van der Waals surface area contributed by atoms with Crippen LogP contribution in [0.3, 0.4) is 0 Å². The van der Waals surface area contributed by atoms with Gasteiger partial charge in [0.25, 0.3) is 0 Å². The first-order valence-electron chi connectivity index (χ1n) is 6.01. The van der Waals surface area contributed by atoms with E-state index in [0.29, 0.717) is 27.5 Å². The Morgan fingerprint density at radius 1 is 1.10 bits per heavy atom. The number of hydrogen-bond acceptors (Lipinski definition) is 4. The Morgan fingerprint density at radius 3 is 2.55 bits per heavy atom. The molecule has 2 rings (SSSR count). The Bertz CT molecular complexity index is 589. The second-order valence-corrected chi connectivity index (χ2v) is 4.62. The zero-order valence-corrected chi connectivity index (χ0v) is 11.7. The average Bonchev–Trinajstić information content (AvgIpc) is 2.44. The van der Waals surface area contributed by atoms with Crippen LogP contribution in [0.15, 0.2) is 42.5 Å². The second kappa shape index (κ2) is 6.66. The largest absolute Gasteiger partial charge is 0.497 e. The first-order valence-corrected chi connectivity index (χ1v) is 6.39. The lowest BCUT2D eigenvalue weighted by atomic mass is 9.77. The molecule has 104 valence electrons. The molecule has 0 aromatic heterocycles. The van der Waals surface area contributed by atoms with E-state index in [-0.39, 0.29) is 6.61 Å². The van der Waals surface area contributed by atoms with Crippen molar-refractivity contribution in [2.75, 3.05) is 7.11 Å². The minimum atomic E-state index is -1.56. The minimum Gasteiger partial charge on any atom is -0.497 e. The molecule has 0 spiro atoms. The van der Waals surface area contributed by atoms with Crippen molar-refractivity contribution in [3.05, 3.63) is 53.1 Å². The summed E-state index contributed by atoms with van der Waals surface area (Å²) in [6.07, 6.45) is 0. The van der Waals surface area contributed by atoms with Crippen molar-refractivity contribution in [1.82, 2.24) is 0 Å². The third-order valence-corrected chi connectivity index (χ3v) is 3.05. The van der Waals surface area contributed by atoms with Gasteiger partial charge in [0.1, 0.15) is 18.1 Å². The van der Waals surface area contributed by atoms with E-state index in [1.807, 2.05) is 0 Å². The van der Waals surface area contributed by atoms with Gasteiger partial charge in [-0.15, -0.1) is 0 Å². The summed E-state index contributed by atoms with van der Waals surface area (Å²) in [4.78, 5) is 0. The fourth-order valence-corrected chi connectivity index (χ4v) is 1.98. The van der Waals surface area contributed by atoms with E-state index >= 15 is 0 Å². The Kier molecular flexibility index (Phi) is 4.90. The smallest absolute Gasteiger partial charge is 0.488 e. The lowest BCUT2D eigenvalue weighted by molar-refractivity contribution is 0.305. The van der Waals surface area contributed by atoms with Gasteiger partial charge >= 0.3 is 7.12 Å². The standard InChI is InChI=1S/C14H14BClO4/c1-19-12-5-6-14(15(17)18)10(7-12)9-20-13-4-2-3-11(16)8-13/h2-8,17-18H,9H2,1H3. The van der Waals surface area contributed by atoms with Crippen molar-refractivity contribution in [1.29, 1.82) is 0 Å². The summed E-state index contributed by atoms with van der Waals surface area (Å²) in [6, 6.07) is 12.0. The highest BCUT2D eigenvalue weighted by molar-refractivity contribution is 6.59. The lowest BCUT2D eigenvalue weighted by Crippen LogP contribution is -2.33. The van der Waals surface area contributed by atoms with E-state index in [2.05, 4.69) is 0 Å². The zero-order valence-electron chi connectivity index (χ0n) is 10.9. The molecule has 0 aliphatic heterocycles. The molecule has 0 fully saturated rings. The highest BCUT2D eigenvalue weighted by atomic mass is 35.5. The topological polar surface area (TPSA) is 58.9 Å². The molecule has 0 saturated carbocycles. The van der Waals surface area contributed by atoms with Gasteiger partial charge in [-0.1, -0.05) is 23.7 Å². The van der Waals surface area contributed by atoms with Crippen molar-refractivity contribution in [2.24, 2.45) is 0 Å². The molecular weight excluding hydrogens is 278 g/mol. The van der Waals surface area contributed by atoms with E-state index < -0.39 is 7.12 Å². The van der Waals surface area contributed by atoms with Crippen LogP contribution in [0.2, 0.25) is 5.02 Å². The van der Waals surface area contributed by atoms with Crippen molar-refractivity contribution in [3.8, 4) is 11.5 Å². The van der Waals surface area contributed by atoms with Crippen LogP contribution in [0.5, 0.6) is 11.5 Å². The molecule has 0 atom stereocenters. The molecule has 0 aliphatic rings. The number of rotatable bonds is 5. The number of hydrogen-bond donors (Lipinski definition) is 2. The molecule has 0 radical (unpaired) electrons. The van der Waals surface area contributed by atoms with E-state index in [4.69, 9.17) is 21.1 Å². The number of halogens is 1. The van der Waals surface area contributed by atoms with Crippen LogP contribution < -0.4 is 14.9 Å². The third-order valence-electron chi connectivity index (χ3n) is 2.82. The summed E-state index contributed by atoms with van der Waals surface area (Å²) in [5.74, 6) is 1.23. The first-order chi connectivity index (χ1) is 9.60. The maximum atomic E-state index is 9.35. The van der Waals surface area contributed by atoms with Crippen molar-refractivity contribution in [2.45, 2.75) is 6.61 Å². The van der Waals surface area contributed by atoms with Gasteiger partial charge in [0.15, 0.2) is 0 Å². The van der Waals surface area contributed by atoms with Crippen LogP contribution in [0.1, 0.15) is 5.56 Å². The summed E-state index contributed by atoms with van der Waals surface area (Å²) in [6.45, 7) is 0.185. The van der Waals surface area contributed by atoms with Crippen LogP contribution in [-0.4, -0.2) is 24.3 Å². The molecule has 2 aromatic rings. The molecule has 6 heteroatoms. The van der Waals surface area contributed by atoms with Gasteiger partial charge in [-0.3, -0.25) is 0 Å². The number of ether oxygens (including phenoxy) is 2. The summed E-state index contributed by atoms with van der Waals surface area (Å²) in [5.41, 5.74) is 1.02. The molecule has 0 amide bonds. The van der Waals surface area contributed by atoms with Crippen molar-refractivity contribution >= 4 is 24.2 Å². The zero-order chi connectivity index (χ0) is 14.5. The van der Waals surface area contributed by atoms with E-state index in [9.17, 15) is 10.0 Å². The van der Waals surface area contributed by atoms with Gasteiger partial charge in [0, 0.05) is 5.02 Å². The molecule has 2 aromatic carbocycles. The lowest BCUT2D eigenvalue weighted by Gasteiger charge is -2.12. The SMILES string of the molecule is COc1ccc(B(O)O)c(COc2cccc(Cl)c2)c1. The fourth-order valence-electron chi connectivity index (χ4n) is 1.80. The number of benzene rings is 2. The Labute approximate surface area is 122 Å². The van der Waals surface area contributed by atoms with Gasteiger partial charge in [0.05, 0.1) is 7.11 Å². The molecule has 4 nitrogen and oxygen atoms in total. The van der Waals surface area contributed by atoms with Crippen LogP contribution in [-0.2, 0) is 6.61 Å². The van der Waals surface area contributed by atoms with E-state index in [1.54, 1.807) is 49.6 Å². The fraction of sp³-hybridized carbons (Fsp3) is 0.143. The molecule has 0 unspecified atom stereocenters. The third kappa shape index (κ3) is 3.66. The molecule has 20 heavy (non-hydrogen) atoms. The minimum absolute atomic E-state index is 0.185.